The summed E-state index contributed by atoms with van der Waals surface area (Å²) in [6.45, 7) is 1.55. The van der Waals surface area contributed by atoms with Crippen LogP contribution < -0.4 is 4.74 Å². The Morgan fingerprint density at radius 1 is 1.09 bits per heavy atom. The zero-order valence-electron chi connectivity index (χ0n) is 11.4. The first-order valence-electron chi connectivity index (χ1n) is 6.08. The molecule has 0 N–H and O–H groups in total. The van der Waals surface area contributed by atoms with E-state index in [1.807, 2.05) is 0 Å². The van der Waals surface area contributed by atoms with Crippen LogP contribution in [0.4, 0.5) is 27.6 Å². The molecule has 0 saturated carbocycles. The molecule has 0 aromatic heterocycles. The van der Waals surface area contributed by atoms with Gasteiger partial charge in [0, 0.05) is 6.07 Å². The summed E-state index contributed by atoms with van der Waals surface area (Å²) in [5.41, 5.74) is -1.60. The predicted molar refractivity (Wildman–Crippen MR) is 69.3 cm³/mol. The van der Waals surface area contributed by atoms with Gasteiger partial charge in [0.25, 0.3) is 0 Å². The van der Waals surface area contributed by atoms with Crippen LogP contribution in [0.25, 0.3) is 0 Å². The average Bonchev–Trinajstić information content (AvgIpc) is 2.42. The Morgan fingerprint density at radius 2 is 1.65 bits per heavy atom. The molecule has 0 aliphatic rings. The van der Waals surface area contributed by atoms with Crippen LogP contribution in [0.2, 0.25) is 0 Å². The summed E-state index contributed by atoms with van der Waals surface area (Å²) in [6.07, 6.45) is -4.93. The van der Waals surface area contributed by atoms with E-state index in [2.05, 4.69) is 0 Å². The first-order valence-corrected chi connectivity index (χ1v) is 6.08. The van der Waals surface area contributed by atoms with E-state index in [1.54, 1.807) is 6.92 Å². The predicted octanol–water partition coefficient (Wildman–Crippen LogP) is 4.99. The molecule has 0 radical (unpaired) electrons. The van der Waals surface area contributed by atoms with Gasteiger partial charge in [-0.1, -0.05) is 6.07 Å². The molecule has 0 fully saturated rings. The number of alkyl halides is 3. The molecule has 0 unspecified atom stereocenters. The topological polar surface area (TPSA) is 52.4 Å². The normalized spacial score (nSPS) is 11.4. The van der Waals surface area contributed by atoms with Gasteiger partial charge in [-0.15, -0.1) is 0 Å². The minimum Gasteiger partial charge on any atom is -0.444 e. The Morgan fingerprint density at radius 3 is 2.13 bits per heavy atom. The Kier molecular flexibility index (Phi) is 4.22. The second-order valence-electron chi connectivity index (χ2n) is 4.60. The summed E-state index contributed by atoms with van der Waals surface area (Å²) in [6, 6.07) is 3.71. The second-order valence-corrected chi connectivity index (χ2v) is 4.60. The van der Waals surface area contributed by atoms with Crippen LogP contribution in [0.15, 0.2) is 30.3 Å². The number of aryl methyl sites for hydroxylation is 1. The van der Waals surface area contributed by atoms with Crippen molar-refractivity contribution in [3.63, 3.8) is 0 Å². The van der Waals surface area contributed by atoms with Crippen LogP contribution in [0.5, 0.6) is 11.5 Å². The van der Waals surface area contributed by atoms with Crippen molar-refractivity contribution >= 4 is 5.69 Å². The van der Waals surface area contributed by atoms with Crippen LogP contribution in [0, 0.1) is 28.7 Å². The Labute approximate surface area is 126 Å². The van der Waals surface area contributed by atoms with Crippen LogP contribution in [-0.2, 0) is 6.18 Å². The molecule has 0 aliphatic heterocycles. The summed E-state index contributed by atoms with van der Waals surface area (Å²) in [7, 11) is 0. The maximum atomic E-state index is 13.7. The highest BCUT2D eigenvalue weighted by Gasteiger charge is 2.33. The van der Waals surface area contributed by atoms with E-state index in [0.29, 0.717) is 5.56 Å². The molecule has 2 rings (SSSR count). The molecule has 0 amide bonds. The summed E-state index contributed by atoms with van der Waals surface area (Å²) in [5.74, 6) is -4.87. The van der Waals surface area contributed by atoms with Gasteiger partial charge in [-0.3, -0.25) is 10.1 Å². The number of nitro groups is 1. The van der Waals surface area contributed by atoms with Gasteiger partial charge in [-0.05, 0) is 30.7 Å². The standard InChI is InChI=1S/C14H8F5NO3/c1-7-2-3-12(11(4-7)20(21)22)23-13-9(15)5-8(6-10(13)16)14(17,18)19/h2-6H,1H3. The van der Waals surface area contributed by atoms with E-state index in [1.165, 1.54) is 6.07 Å². The van der Waals surface area contributed by atoms with Gasteiger partial charge in [0.2, 0.25) is 5.75 Å². The molecule has 0 aliphatic carbocycles. The van der Waals surface area contributed by atoms with Crippen molar-refractivity contribution in [3.8, 4) is 11.5 Å². The van der Waals surface area contributed by atoms with Gasteiger partial charge in [0.15, 0.2) is 17.4 Å². The minimum atomic E-state index is -4.93. The molecule has 0 saturated heterocycles. The van der Waals surface area contributed by atoms with Crippen molar-refractivity contribution in [2.24, 2.45) is 0 Å². The summed E-state index contributed by atoms with van der Waals surface area (Å²) >= 11 is 0. The van der Waals surface area contributed by atoms with Gasteiger partial charge in [-0.25, -0.2) is 8.78 Å². The number of nitro benzene ring substituents is 1. The van der Waals surface area contributed by atoms with Crippen molar-refractivity contribution < 1.29 is 31.6 Å². The highest BCUT2D eigenvalue weighted by atomic mass is 19.4. The van der Waals surface area contributed by atoms with Gasteiger partial charge >= 0.3 is 11.9 Å². The van der Waals surface area contributed by atoms with Gasteiger partial charge < -0.3 is 4.74 Å². The minimum absolute atomic E-state index is 0.0540. The number of ether oxygens (including phenoxy) is 1. The first kappa shape index (κ1) is 16.7. The smallest absolute Gasteiger partial charge is 0.416 e. The Bertz CT molecular complexity index is 750. The fraction of sp³-hybridized carbons (Fsp3) is 0.143. The Balaban J connectivity index is 2.48. The molecule has 2 aromatic carbocycles. The number of nitrogens with zero attached hydrogens (tertiary/aromatic N) is 1. The number of rotatable bonds is 3. The monoisotopic (exact) mass is 333 g/mol. The summed E-state index contributed by atoms with van der Waals surface area (Å²) < 4.78 is 69.6. The molecule has 23 heavy (non-hydrogen) atoms. The lowest BCUT2D eigenvalue weighted by atomic mass is 10.2. The molecule has 2 aromatic rings. The zero-order chi connectivity index (χ0) is 17.4. The lowest BCUT2D eigenvalue weighted by Crippen LogP contribution is -2.07. The number of halogens is 5. The van der Waals surface area contributed by atoms with Crippen LogP contribution in [0.1, 0.15) is 11.1 Å². The lowest BCUT2D eigenvalue weighted by molar-refractivity contribution is -0.385. The Hall–Kier alpha value is -2.71. The van der Waals surface area contributed by atoms with Gasteiger partial charge in [-0.2, -0.15) is 13.2 Å². The number of benzene rings is 2. The van der Waals surface area contributed by atoms with E-state index in [4.69, 9.17) is 4.74 Å². The molecule has 0 spiro atoms. The van der Waals surface area contributed by atoms with Crippen molar-refractivity contribution in [1.29, 1.82) is 0 Å². The zero-order valence-corrected chi connectivity index (χ0v) is 11.4. The molecule has 0 heterocycles. The van der Waals surface area contributed by atoms with Crippen molar-refractivity contribution in [2.75, 3.05) is 0 Å². The SMILES string of the molecule is Cc1ccc(Oc2c(F)cc(C(F)(F)F)cc2F)c([N+](=O)[O-])c1. The maximum Gasteiger partial charge on any atom is 0.416 e. The highest BCUT2D eigenvalue weighted by Crippen LogP contribution is 2.38. The third-order valence-corrected chi connectivity index (χ3v) is 2.85. The van der Waals surface area contributed by atoms with Crippen molar-refractivity contribution in [3.05, 3.63) is 63.2 Å². The first-order chi connectivity index (χ1) is 10.6. The van der Waals surface area contributed by atoms with Crippen LogP contribution in [0.3, 0.4) is 0 Å². The van der Waals surface area contributed by atoms with E-state index in [0.717, 1.165) is 12.1 Å². The van der Waals surface area contributed by atoms with Crippen LogP contribution in [-0.4, -0.2) is 4.92 Å². The highest BCUT2D eigenvalue weighted by molar-refractivity contribution is 5.50. The van der Waals surface area contributed by atoms with E-state index >= 15 is 0 Å². The molecule has 0 atom stereocenters. The van der Waals surface area contributed by atoms with E-state index in [-0.39, 0.29) is 12.1 Å². The van der Waals surface area contributed by atoms with Gasteiger partial charge in [0.1, 0.15) is 0 Å². The molecule has 9 heteroatoms. The lowest BCUT2D eigenvalue weighted by Gasteiger charge is -2.12. The largest absolute Gasteiger partial charge is 0.444 e. The quantitative estimate of drug-likeness (QED) is 0.451. The molecule has 0 bridgehead atoms. The van der Waals surface area contributed by atoms with Crippen LogP contribution >= 0.6 is 0 Å². The number of hydrogen-bond donors (Lipinski definition) is 0. The fourth-order valence-electron chi connectivity index (χ4n) is 1.79. The molecular weight excluding hydrogens is 325 g/mol. The summed E-state index contributed by atoms with van der Waals surface area (Å²) in [4.78, 5) is 10.1. The summed E-state index contributed by atoms with van der Waals surface area (Å²) in [5, 5.41) is 10.9. The van der Waals surface area contributed by atoms with E-state index < -0.39 is 45.5 Å². The third-order valence-electron chi connectivity index (χ3n) is 2.85. The van der Waals surface area contributed by atoms with Crippen molar-refractivity contribution in [1.82, 2.24) is 0 Å². The maximum absolute atomic E-state index is 13.7. The average molecular weight is 333 g/mol. The molecular formula is C14H8F5NO3. The van der Waals surface area contributed by atoms with Crippen molar-refractivity contribution in [2.45, 2.75) is 13.1 Å². The molecule has 122 valence electrons. The molecule has 4 nitrogen and oxygen atoms in total. The van der Waals surface area contributed by atoms with E-state index in [9.17, 15) is 32.1 Å². The number of hydrogen-bond acceptors (Lipinski definition) is 3. The fourth-order valence-corrected chi connectivity index (χ4v) is 1.79. The second kappa shape index (κ2) is 5.82. The van der Waals surface area contributed by atoms with Gasteiger partial charge in [0.05, 0.1) is 10.5 Å². The third kappa shape index (κ3) is 3.55.